The minimum atomic E-state index is -0.196. The van der Waals surface area contributed by atoms with Crippen LogP contribution in [-0.2, 0) is 4.79 Å². The van der Waals surface area contributed by atoms with Crippen molar-refractivity contribution in [2.75, 3.05) is 0 Å². The van der Waals surface area contributed by atoms with Gasteiger partial charge in [-0.05, 0) is 12.3 Å². The van der Waals surface area contributed by atoms with Gasteiger partial charge in [0.05, 0.1) is 0 Å². The summed E-state index contributed by atoms with van der Waals surface area (Å²) in [7, 11) is 0. The first-order chi connectivity index (χ1) is 8.13. The van der Waals surface area contributed by atoms with E-state index in [0.29, 0.717) is 12.3 Å². The number of rotatable bonds is 4. The molecule has 1 N–H and O–H groups in total. The highest BCUT2D eigenvalue weighted by atomic mass is 35.5. The zero-order valence-corrected chi connectivity index (χ0v) is 11.2. The van der Waals surface area contributed by atoms with Gasteiger partial charge >= 0.3 is 0 Å². The van der Waals surface area contributed by atoms with Gasteiger partial charge in [0.25, 0.3) is 0 Å². The van der Waals surface area contributed by atoms with Crippen molar-refractivity contribution in [2.45, 2.75) is 44.9 Å². The molecule has 3 nitrogen and oxygen atoms in total. The zero-order chi connectivity index (χ0) is 12.7. The average molecular weight is 275 g/mol. The molecule has 1 amide bonds. The lowest BCUT2D eigenvalue weighted by Gasteiger charge is -2.20. The van der Waals surface area contributed by atoms with Crippen molar-refractivity contribution in [3.8, 4) is 6.07 Å². The Morgan fingerprint density at radius 3 is 2.47 bits per heavy atom. The maximum absolute atomic E-state index is 11.5. The van der Waals surface area contributed by atoms with Crippen LogP contribution in [-0.4, -0.2) is 5.91 Å². The lowest BCUT2D eigenvalue weighted by Crippen LogP contribution is -2.23. The Hall–Kier alpha value is -0.720. The van der Waals surface area contributed by atoms with Crippen LogP contribution in [0.2, 0.25) is 0 Å². The van der Waals surface area contributed by atoms with Gasteiger partial charge in [0.15, 0.2) is 5.70 Å². The summed E-state index contributed by atoms with van der Waals surface area (Å²) in [6.07, 6.45) is 7.58. The van der Waals surface area contributed by atoms with E-state index in [0.717, 1.165) is 6.42 Å². The number of nitriles is 1. The molecule has 0 atom stereocenters. The molecule has 1 rings (SSSR count). The molecule has 0 saturated heterocycles. The van der Waals surface area contributed by atoms with Crippen LogP contribution in [0, 0.1) is 17.2 Å². The summed E-state index contributed by atoms with van der Waals surface area (Å²) in [6, 6.07) is 1.75. The molecule has 1 saturated carbocycles. The van der Waals surface area contributed by atoms with E-state index in [1.165, 1.54) is 32.1 Å². The molecule has 1 aliphatic rings. The molecule has 1 fully saturated rings. The molecule has 1 aliphatic carbocycles. The SMILES string of the molecule is N#CC(NC(=O)CCC1CCCCC1)=C(Cl)Cl. The van der Waals surface area contributed by atoms with Crippen molar-refractivity contribution in [2.24, 2.45) is 5.92 Å². The average Bonchev–Trinajstić information content (AvgIpc) is 2.34. The first-order valence-corrected chi connectivity index (χ1v) is 6.64. The molecule has 0 heterocycles. The Balaban J connectivity index is 2.30. The monoisotopic (exact) mass is 274 g/mol. The minimum absolute atomic E-state index is 0.0676. The van der Waals surface area contributed by atoms with Gasteiger partial charge in [-0.15, -0.1) is 0 Å². The lowest BCUT2D eigenvalue weighted by atomic mass is 9.86. The molecule has 0 unspecified atom stereocenters. The molecule has 0 spiro atoms. The molecule has 0 aromatic heterocycles. The van der Waals surface area contributed by atoms with Crippen molar-refractivity contribution in [1.29, 1.82) is 5.26 Å². The smallest absolute Gasteiger partial charge is 0.224 e. The predicted octanol–water partition coefficient (Wildman–Crippen LogP) is 3.63. The predicted molar refractivity (Wildman–Crippen MR) is 68.3 cm³/mol. The Kier molecular flexibility index (Phi) is 6.39. The fraction of sp³-hybridized carbons (Fsp3) is 0.667. The topological polar surface area (TPSA) is 52.9 Å². The maximum Gasteiger partial charge on any atom is 0.224 e. The number of hydrogen-bond acceptors (Lipinski definition) is 2. The van der Waals surface area contributed by atoms with Crippen LogP contribution in [0.15, 0.2) is 10.2 Å². The van der Waals surface area contributed by atoms with Crippen molar-refractivity contribution in [3.63, 3.8) is 0 Å². The molecule has 0 radical (unpaired) electrons. The second-order valence-corrected chi connectivity index (χ2v) is 5.29. The summed E-state index contributed by atoms with van der Waals surface area (Å²) in [5.41, 5.74) is -0.0676. The van der Waals surface area contributed by atoms with Crippen LogP contribution in [0.4, 0.5) is 0 Å². The van der Waals surface area contributed by atoms with Crippen molar-refractivity contribution < 1.29 is 4.79 Å². The van der Waals surface area contributed by atoms with E-state index in [1.54, 1.807) is 6.07 Å². The van der Waals surface area contributed by atoms with Gasteiger partial charge in [-0.1, -0.05) is 55.3 Å². The fourth-order valence-corrected chi connectivity index (χ4v) is 2.31. The van der Waals surface area contributed by atoms with E-state index in [9.17, 15) is 4.79 Å². The van der Waals surface area contributed by atoms with Crippen LogP contribution in [0.5, 0.6) is 0 Å². The summed E-state index contributed by atoms with van der Waals surface area (Å²) >= 11 is 10.9. The van der Waals surface area contributed by atoms with Crippen LogP contribution in [0.1, 0.15) is 44.9 Å². The summed E-state index contributed by atoms with van der Waals surface area (Å²) in [5, 5.41) is 11.1. The number of halogens is 2. The van der Waals surface area contributed by atoms with E-state index in [4.69, 9.17) is 28.5 Å². The van der Waals surface area contributed by atoms with Crippen LogP contribution in [0.25, 0.3) is 0 Å². The van der Waals surface area contributed by atoms with E-state index >= 15 is 0 Å². The Bertz CT molecular complexity index is 337. The molecule has 0 bridgehead atoms. The third-order valence-corrected chi connectivity index (χ3v) is 3.45. The first-order valence-electron chi connectivity index (χ1n) is 5.88. The molecular formula is C12H16Cl2N2O. The van der Waals surface area contributed by atoms with Crippen LogP contribution >= 0.6 is 23.2 Å². The third kappa shape index (κ3) is 5.43. The number of amides is 1. The van der Waals surface area contributed by atoms with Gasteiger partial charge in [-0.3, -0.25) is 4.79 Å². The summed E-state index contributed by atoms with van der Waals surface area (Å²) in [6.45, 7) is 0. The maximum atomic E-state index is 11.5. The van der Waals surface area contributed by atoms with Crippen molar-refractivity contribution in [1.82, 2.24) is 5.32 Å². The van der Waals surface area contributed by atoms with Gasteiger partial charge in [-0.2, -0.15) is 5.26 Å². The van der Waals surface area contributed by atoms with Crippen LogP contribution < -0.4 is 5.32 Å². The second kappa shape index (κ2) is 7.58. The molecule has 0 aromatic carbocycles. The van der Waals surface area contributed by atoms with Gasteiger partial charge < -0.3 is 5.32 Å². The van der Waals surface area contributed by atoms with E-state index in [1.807, 2.05) is 0 Å². The standard InChI is InChI=1S/C12H16Cl2N2O/c13-12(14)10(8-15)16-11(17)7-6-9-4-2-1-3-5-9/h9H,1-7H2,(H,16,17). The number of carbonyl (C=O) groups is 1. The number of allylic oxidation sites excluding steroid dienone is 1. The second-order valence-electron chi connectivity index (χ2n) is 4.34. The van der Waals surface area contributed by atoms with E-state index in [2.05, 4.69) is 5.32 Å². The zero-order valence-electron chi connectivity index (χ0n) is 9.64. The first kappa shape index (κ1) is 14.3. The van der Waals surface area contributed by atoms with Crippen molar-refractivity contribution in [3.05, 3.63) is 10.2 Å². The summed E-state index contributed by atoms with van der Waals surface area (Å²) in [5.74, 6) is 0.460. The minimum Gasteiger partial charge on any atom is -0.315 e. The fourth-order valence-electron chi connectivity index (χ4n) is 2.13. The molecule has 17 heavy (non-hydrogen) atoms. The quantitative estimate of drug-likeness (QED) is 0.796. The van der Waals surface area contributed by atoms with E-state index < -0.39 is 0 Å². The Labute approximate surface area is 112 Å². The number of nitrogens with one attached hydrogen (secondary N) is 1. The van der Waals surface area contributed by atoms with Gasteiger partial charge in [0.2, 0.25) is 5.91 Å². The van der Waals surface area contributed by atoms with E-state index in [-0.39, 0.29) is 16.1 Å². The Morgan fingerprint density at radius 2 is 1.94 bits per heavy atom. The highest BCUT2D eigenvalue weighted by molar-refractivity contribution is 6.56. The summed E-state index contributed by atoms with van der Waals surface area (Å²) < 4.78 is -0.196. The molecule has 0 aromatic rings. The van der Waals surface area contributed by atoms with Crippen molar-refractivity contribution >= 4 is 29.1 Å². The summed E-state index contributed by atoms with van der Waals surface area (Å²) in [4.78, 5) is 11.5. The number of carbonyl (C=O) groups excluding carboxylic acids is 1. The highest BCUT2D eigenvalue weighted by Crippen LogP contribution is 2.27. The number of nitrogens with zero attached hydrogens (tertiary/aromatic N) is 1. The molecule has 94 valence electrons. The molecule has 5 heteroatoms. The third-order valence-electron chi connectivity index (χ3n) is 3.07. The number of hydrogen-bond donors (Lipinski definition) is 1. The van der Waals surface area contributed by atoms with Gasteiger partial charge in [0, 0.05) is 6.42 Å². The van der Waals surface area contributed by atoms with Crippen LogP contribution in [0.3, 0.4) is 0 Å². The van der Waals surface area contributed by atoms with Gasteiger partial charge in [0.1, 0.15) is 10.6 Å². The molecule has 0 aliphatic heterocycles. The highest BCUT2D eigenvalue weighted by Gasteiger charge is 2.15. The Morgan fingerprint density at radius 1 is 1.29 bits per heavy atom. The normalized spacial score (nSPS) is 16.1. The molecular weight excluding hydrogens is 259 g/mol. The lowest BCUT2D eigenvalue weighted by molar-refractivity contribution is -0.120. The largest absolute Gasteiger partial charge is 0.315 e. The van der Waals surface area contributed by atoms with Gasteiger partial charge in [-0.25, -0.2) is 0 Å².